The van der Waals surface area contributed by atoms with Crippen LogP contribution < -0.4 is 0 Å². The molecule has 0 bridgehead atoms. The SMILES string of the molecule is CCCc1nnnn1-c1c(C(=O)O)cccc1-c1ccc(C)cc1. The molecule has 0 radical (unpaired) electrons. The number of aromatic nitrogens is 4. The highest BCUT2D eigenvalue weighted by Crippen LogP contribution is 2.30. The largest absolute Gasteiger partial charge is 0.478 e. The lowest BCUT2D eigenvalue weighted by atomic mass is 9.99. The van der Waals surface area contributed by atoms with Crippen LogP contribution in [0.5, 0.6) is 0 Å². The highest BCUT2D eigenvalue weighted by atomic mass is 16.4. The first-order chi connectivity index (χ1) is 11.6. The Labute approximate surface area is 139 Å². The molecule has 0 atom stereocenters. The van der Waals surface area contributed by atoms with Crippen LogP contribution in [0.4, 0.5) is 0 Å². The van der Waals surface area contributed by atoms with Gasteiger partial charge in [0.15, 0.2) is 5.82 Å². The second-order valence-electron chi connectivity index (χ2n) is 5.63. The van der Waals surface area contributed by atoms with E-state index in [1.165, 1.54) is 0 Å². The van der Waals surface area contributed by atoms with Gasteiger partial charge in [-0.15, -0.1) is 5.10 Å². The number of nitrogens with zero attached hydrogens (tertiary/aromatic N) is 4. The van der Waals surface area contributed by atoms with Gasteiger partial charge in [-0.25, -0.2) is 4.79 Å². The predicted molar refractivity (Wildman–Crippen MR) is 90.3 cm³/mol. The number of aromatic carboxylic acids is 1. The van der Waals surface area contributed by atoms with Crippen molar-refractivity contribution in [2.24, 2.45) is 0 Å². The normalized spacial score (nSPS) is 10.8. The van der Waals surface area contributed by atoms with Crippen molar-refractivity contribution in [1.82, 2.24) is 20.2 Å². The van der Waals surface area contributed by atoms with E-state index < -0.39 is 5.97 Å². The lowest BCUT2D eigenvalue weighted by Gasteiger charge is -2.14. The molecular weight excluding hydrogens is 304 g/mol. The number of carboxylic acids is 1. The van der Waals surface area contributed by atoms with Crippen LogP contribution in [0.3, 0.4) is 0 Å². The minimum Gasteiger partial charge on any atom is -0.478 e. The van der Waals surface area contributed by atoms with Crippen LogP contribution in [0.25, 0.3) is 16.8 Å². The Bertz CT molecular complexity index is 869. The standard InChI is InChI=1S/C18H18N4O2/c1-3-5-16-19-20-21-22(16)17-14(6-4-7-15(17)18(23)24)13-10-8-12(2)9-11-13/h4,6-11H,3,5H2,1-2H3,(H,23,24). The summed E-state index contributed by atoms with van der Waals surface area (Å²) in [7, 11) is 0. The zero-order valence-corrected chi connectivity index (χ0v) is 13.6. The van der Waals surface area contributed by atoms with Crippen LogP contribution in [0, 0.1) is 6.92 Å². The number of hydrogen-bond donors (Lipinski definition) is 1. The fourth-order valence-corrected chi connectivity index (χ4v) is 2.67. The van der Waals surface area contributed by atoms with E-state index in [1.54, 1.807) is 16.8 Å². The van der Waals surface area contributed by atoms with Gasteiger partial charge in [0.25, 0.3) is 0 Å². The predicted octanol–water partition coefficient (Wildman–Crippen LogP) is 3.29. The smallest absolute Gasteiger partial charge is 0.337 e. The molecule has 3 rings (SSSR count). The molecule has 0 aliphatic carbocycles. The van der Waals surface area contributed by atoms with Crippen LogP contribution >= 0.6 is 0 Å². The number of rotatable bonds is 5. The first-order valence-corrected chi connectivity index (χ1v) is 7.82. The fourth-order valence-electron chi connectivity index (χ4n) is 2.67. The Kier molecular flexibility index (Phi) is 4.37. The highest BCUT2D eigenvalue weighted by Gasteiger charge is 2.20. The third-order valence-electron chi connectivity index (χ3n) is 3.85. The monoisotopic (exact) mass is 322 g/mol. The summed E-state index contributed by atoms with van der Waals surface area (Å²) in [6.07, 6.45) is 1.55. The molecule has 3 aromatic rings. The fraction of sp³-hybridized carbons (Fsp3) is 0.222. The van der Waals surface area contributed by atoms with Crippen molar-refractivity contribution in [3.05, 3.63) is 59.4 Å². The summed E-state index contributed by atoms with van der Waals surface area (Å²) in [5.41, 5.74) is 3.54. The van der Waals surface area contributed by atoms with E-state index in [0.29, 0.717) is 17.9 Å². The number of para-hydroxylation sites is 1. The second-order valence-corrected chi connectivity index (χ2v) is 5.63. The van der Waals surface area contributed by atoms with Gasteiger partial charge in [0.05, 0.1) is 11.3 Å². The number of benzene rings is 2. The van der Waals surface area contributed by atoms with Crippen molar-refractivity contribution < 1.29 is 9.90 Å². The molecule has 0 fully saturated rings. The van der Waals surface area contributed by atoms with Crippen molar-refractivity contribution in [3.8, 4) is 16.8 Å². The van der Waals surface area contributed by atoms with Crippen molar-refractivity contribution in [2.75, 3.05) is 0 Å². The van der Waals surface area contributed by atoms with Gasteiger partial charge in [0.1, 0.15) is 0 Å². The van der Waals surface area contributed by atoms with E-state index in [-0.39, 0.29) is 5.56 Å². The number of tetrazole rings is 1. The van der Waals surface area contributed by atoms with Crippen molar-refractivity contribution in [1.29, 1.82) is 0 Å². The molecule has 0 unspecified atom stereocenters. The highest BCUT2D eigenvalue weighted by molar-refractivity contribution is 5.96. The van der Waals surface area contributed by atoms with Gasteiger partial charge in [-0.3, -0.25) is 0 Å². The Morgan fingerprint density at radius 3 is 2.58 bits per heavy atom. The maximum absolute atomic E-state index is 11.7. The van der Waals surface area contributed by atoms with Crippen molar-refractivity contribution >= 4 is 5.97 Å². The molecule has 1 heterocycles. The summed E-state index contributed by atoms with van der Waals surface area (Å²) in [6.45, 7) is 4.04. The Balaban J connectivity index is 2.27. The van der Waals surface area contributed by atoms with E-state index in [1.807, 2.05) is 44.2 Å². The van der Waals surface area contributed by atoms with Crippen LogP contribution in [-0.2, 0) is 6.42 Å². The average molecular weight is 322 g/mol. The second kappa shape index (κ2) is 6.62. The summed E-state index contributed by atoms with van der Waals surface area (Å²) in [5.74, 6) is -0.350. The summed E-state index contributed by atoms with van der Waals surface area (Å²) >= 11 is 0. The summed E-state index contributed by atoms with van der Waals surface area (Å²) in [6, 6.07) is 13.2. The van der Waals surface area contributed by atoms with E-state index in [4.69, 9.17) is 0 Å². The third-order valence-corrected chi connectivity index (χ3v) is 3.85. The molecule has 122 valence electrons. The Morgan fingerprint density at radius 2 is 1.92 bits per heavy atom. The molecule has 6 heteroatoms. The van der Waals surface area contributed by atoms with Crippen LogP contribution in [0.1, 0.15) is 35.1 Å². The zero-order chi connectivity index (χ0) is 17.1. The van der Waals surface area contributed by atoms with Gasteiger partial charge < -0.3 is 5.11 Å². The molecule has 0 aliphatic heterocycles. The number of hydrogen-bond acceptors (Lipinski definition) is 4. The first-order valence-electron chi connectivity index (χ1n) is 7.82. The molecule has 6 nitrogen and oxygen atoms in total. The van der Waals surface area contributed by atoms with Gasteiger partial charge in [0.2, 0.25) is 0 Å². The van der Waals surface area contributed by atoms with E-state index in [9.17, 15) is 9.90 Å². The maximum atomic E-state index is 11.7. The molecule has 24 heavy (non-hydrogen) atoms. The van der Waals surface area contributed by atoms with Crippen LogP contribution in [-0.4, -0.2) is 31.3 Å². The average Bonchev–Trinajstić information content (AvgIpc) is 3.03. The topological polar surface area (TPSA) is 80.9 Å². The summed E-state index contributed by atoms with van der Waals surface area (Å²) in [4.78, 5) is 11.7. The van der Waals surface area contributed by atoms with Gasteiger partial charge in [-0.05, 0) is 35.4 Å². The summed E-state index contributed by atoms with van der Waals surface area (Å²) < 4.78 is 1.54. The number of carboxylic acid groups (broad SMARTS) is 1. The molecule has 0 aliphatic rings. The van der Waals surface area contributed by atoms with Gasteiger partial charge in [-0.2, -0.15) is 4.68 Å². The van der Waals surface area contributed by atoms with E-state index >= 15 is 0 Å². The lowest BCUT2D eigenvalue weighted by molar-refractivity contribution is 0.0696. The summed E-state index contributed by atoms with van der Waals surface area (Å²) in [5, 5.41) is 21.4. The number of carbonyl (C=O) groups is 1. The van der Waals surface area contributed by atoms with Crippen molar-refractivity contribution in [3.63, 3.8) is 0 Å². The van der Waals surface area contributed by atoms with Crippen LogP contribution in [0.15, 0.2) is 42.5 Å². The maximum Gasteiger partial charge on any atom is 0.337 e. The zero-order valence-electron chi connectivity index (χ0n) is 13.6. The minimum absolute atomic E-state index is 0.178. The minimum atomic E-state index is -1.00. The molecule has 2 aromatic carbocycles. The van der Waals surface area contributed by atoms with E-state index in [2.05, 4.69) is 15.5 Å². The molecule has 0 spiro atoms. The quantitative estimate of drug-likeness (QED) is 0.779. The number of aryl methyl sites for hydroxylation is 2. The molecular formula is C18H18N4O2. The van der Waals surface area contributed by atoms with Gasteiger partial charge >= 0.3 is 5.97 Å². The van der Waals surface area contributed by atoms with Crippen molar-refractivity contribution in [2.45, 2.75) is 26.7 Å². The first kappa shape index (κ1) is 15.9. The van der Waals surface area contributed by atoms with Gasteiger partial charge in [0, 0.05) is 12.0 Å². The molecule has 0 saturated heterocycles. The molecule has 1 N–H and O–H groups in total. The van der Waals surface area contributed by atoms with E-state index in [0.717, 1.165) is 23.1 Å². The molecule has 0 saturated carbocycles. The molecule has 0 amide bonds. The third kappa shape index (κ3) is 2.90. The molecule has 1 aromatic heterocycles. The Hall–Kier alpha value is -3.02. The van der Waals surface area contributed by atoms with Crippen LogP contribution in [0.2, 0.25) is 0 Å². The lowest BCUT2D eigenvalue weighted by Crippen LogP contribution is -2.11. The van der Waals surface area contributed by atoms with Gasteiger partial charge in [-0.1, -0.05) is 48.9 Å². The Morgan fingerprint density at radius 1 is 1.17 bits per heavy atom.